The van der Waals surface area contributed by atoms with Gasteiger partial charge in [0, 0.05) is 17.1 Å². The van der Waals surface area contributed by atoms with Crippen LogP contribution in [0.15, 0.2) is 24.3 Å². The van der Waals surface area contributed by atoms with Gasteiger partial charge in [-0.25, -0.2) is 9.78 Å². The van der Waals surface area contributed by atoms with E-state index in [9.17, 15) is 9.59 Å². The van der Waals surface area contributed by atoms with Crippen LogP contribution in [0.4, 0.5) is 0 Å². The predicted molar refractivity (Wildman–Crippen MR) is 90.6 cm³/mol. The molecule has 0 bridgehead atoms. The zero-order chi connectivity index (χ0) is 17.3. The minimum Gasteiger partial charge on any atom is -0.479 e. The Morgan fingerprint density at radius 3 is 2.96 bits per heavy atom. The summed E-state index contributed by atoms with van der Waals surface area (Å²) in [5.41, 5.74) is 1.47. The molecule has 0 spiro atoms. The Kier molecular flexibility index (Phi) is 4.84. The summed E-state index contributed by atoms with van der Waals surface area (Å²) in [5.74, 6) is -1.28. The second-order valence-electron chi connectivity index (χ2n) is 5.39. The van der Waals surface area contributed by atoms with E-state index in [1.807, 2.05) is 12.1 Å². The maximum atomic E-state index is 12.7. The summed E-state index contributed by atoms with van der Waals surface area (Å²) < 4.78 is 5.15. The molecule has 2 aromatic rings. The van der Waals surface area contributed by atoms with Gasteiger partial charge in [0.1, 0.15) is 9.88 Å². The Hall–Kier alpha value is -1.96. The van der Waals surface area contributed by atoms with E-state index in [2.05, 4.69) is 4.98 Å². The van der Waals surface area contributed by atoms with Crippen LogP contribution in [0.3, 0.4) is 0 Å². The molecule has 1 fully saturated rings. The summed E-state index contributed by atoms with van der Waals surface area (Å²) in [6.07, 6.45) is -0.983. The molecule has 1 aromatic heterocycles. The number of aryl methyl sites for hydroxylation is 1. The van der Waals surface area contributed by atoms with E-state index >= 15 is 0 Å². The second kappa shape index (κ2) is 6.88. The Morgan fingerprint density at radius 2 is 2.25 bits per heavy atom. The zero-order valence-corrected chi connectivity index (χ0v) is 14.4. The Bertz CT molecular complexity index is 792. The fourth-order valence-corrected chi connectivity index (χ4v) is 3.69. The van der Waals surface area contributed by atoms with Crippen molar-refractivity contribution in [1.82, 2.24) is 9.88 Å². The number of amides is 1. The Labute approximate surface area is 147 Å². The number of nitrogens with zero attached hydrogens (tertiary/aromatic N) is 2. The van der Waals surface area contributed by atoms with Crippen molar-refractivity contribution in [1.29, 1.82) is 0 Å². The van der Waals surface area contributed by atoms with Crippen molar-refractivity contribution in [2.24, 2.45) is 0 Å². The van der Waals surface area contributed by atoms with Crippen LogP contribution in [0, 0.1) is 6.92 Å². The molecule has 1 atom stereocenters. The first-order chi connectivity index (χ1) is 11.5. The third kappa shape index (κ3) is 3.43. The van der Waals surface area contributed by atoms with Gasteiger partial charge in [0.15, 0.2) is 6.10 Å². The summed E-state index contributed by atoms with van der Waals surface area (Å²) >= 11 is 7.29. The van der Waals surface area contributed by atoms with E-state index in [-0.39, 0.29) is 19.1 Å². The van der Waals surface area contributed by atoms with Crippen molar-refractivity contribution in [3.8, 4) is 10.6 Å². The molecule has 126 valence electrons. The van der Waals surface area contributed by atoms with Gasteiger partial charge >= 0.3 is 5.97 Å². The van der Waals surface area contributed by atoms with Gasteiger partial charge in [0.2, 0.25) is 0 Å². The molecular formula is C16H15ClN2O4S. The maximum absolute atomic E-state index is 12.7. The maximum Gasteiger partial charge on any atom is 0.334 e. The number of carbonyl (C=O) groups is 2. The summed E-state index contributed by atoms with van der Waals surface area (Å²) in [6, 6.07) is 7.28. The molecule has 0 radical (unpaired) electrons. The van der Waals surface area contributed by atoms with Gasteiger partial charge in [0.25, 0.3) is 5.91 Å². The van der Waals surface area contributed by atoms with E-state index in [1.54, 1.807) is 19.1 Å². The molecule has 2 heterocycles. The van der Waals surface area contributed by atoms with Crippen LogP contribution in [0.1, 0.15) is 15.4 Å². The van der Waals surface area contributed by atoms with E-state index < -0.39 is 12.1 Å². The number of aromatic nitrogens is 1. The molecule has 1 aliphatic rings. The number of halogens is 1. The van der Waals surface area contributed by atoms with Gasteiger partial charge in [-0.05, 0) is 19.1 Å². The average molecular weight is 367 g/mol. The largest absolute Gasteiger partial charge is 0.479 e. The highest BCUT2D eigenvalue weighted by molar-refractivity contribution is 7.17. The number of carboxylic acid groups (broad SMARTS) is 1. The van der Waals surface area contributed by atoms with Crippen LogP contribution in [-0.2, 0) is 9.53 Å². The van der Waals surface area contributed by atoms with Crippen molar-refractivity contribution in [3.05, 3.63) is 39.9 Å². The molecule has 1 N–H and O–H groups in total. The molecule has 6 nitrogen and oxygen atoms in total. The number of thiazole rings is 1. The minimum atomic E-state index is -1.06. The monoisotopic (exact) mass is 366 g/mol. The third-order valence-electron chi connectivity index (χ3n) is 3.69. The molecule has 0 aliphatic carbocycles. The fraction of sp³-hybridized carbons (Fsp3) is 0.312. The van der Waals surface area contributed by atoms with Crippen LogP contribution >= 0.6 is 22.9 Å². The SMILES string of the molecule is Cc1nc(-c2cccc(Cl)c2)sc1C(=O)N1CCO[C@H](C(=O)O)C1. The van der Waals surface area contributed by atoms with Crippen LogP contribution < -0.4 is 0 Å². The summed E-state index contributed by atoms with van der Waals surface area (Å²) in [6.45, 7) is 2.39. The lowest BCUT2D eigenvalue weighted by Crippen LogP contribution is -2.48. The van der Waals surface area contributed by atoms with Crippen molar-refractivity contribution >= 4 is 34.8 Å². The van der Waals surface area contributed by atoms with Crippen molar-refractivity contribution in [2.45, 2.75) is 13.0 Å². The molecule has 1 amide bonds. The molecule has 0 unspecified atom stereocenters. The molecule has 3 rings (SSSR count). The van der Waals surface area contributed by atoms with Crippen LogP contribution in [0.5, 0.6) is 0 Å². The number of benzene rings is 1. The Balaban J connectivity index is 1.84. The van der Waals surface area contributed by atoms with Gasteiger partial charge in [-0.3, -0.25) is 4.79 Å². The van der Waals surface area contributed by atoms with E-state index in [0.717, 1.165) is 5.56 Å². The lowest BCUT2D eigenvalue weighted by Gasteiger charge is -2.30. The molecular weight excluding hydrogens is 352 g/mol. The molecule has 1 aromatic carbocycles. The average Bonchev–Trinajstić information content (AvgIpc) is 2.96. The lowest BCUT2D eigenvalue weighted by molar-refractivity contribution is -0.154. The van der Waals surface area contributed by atoms with Gasteiger partial charge in [-0.15, -0.1) is 11.3 Å². The van der Waals surface area contributed by atoms with Crippen molar-refractivity contribution in [3.63, 3.8) is 0 Å². The highest BCUT2D eigenvalue weighted by atomic mass is 35.5. The standard InChI is InChI=1S/C16H15ClN2O4S/c1-9-13(15(20)19-5-6-23-12(8-19)16(21)22)24-14(18-9)10-3-2-4-11(17)7-10/h2-4,7,12H,5-6,8H2,1H3,(H,21,22)/t12-/m0/s1. The number of morpholine rings is 1. The molecule has 8 heteroatoms. The van der Waals surface area contributed by atoms with E-state index in [4.69, 9.17) is 21.4 Å². The number of ether oxygens (including phenoxy) is 1. The molecule has 1 saturated heterocycles. The van der Waals surface area contributed by atoms with Crippen molar-refractivity contribution in [2.75, 3.05) is 19.7 Å². The highest BCUT2D eigenvalue weighted by Crippen LogP contribution is 2.30. The Morgan fingerprint density at radius 1 is 1.46 bits per heavy atom. The van der Waals surface area contributed by atoms with Crippen LogP contribution in [-0.4, -0.2) is 52.7 Å². The topological polar surface area (TPSA) is 79.7 Å². The predicted octanol–water partition coefficient (Wildman–Crippen LogP) is 2.70. The van der Waals surface area contributed by atoms with Gasteiger partial charge in [0.05, 0.1) is 18.8 Å². The van der Waals surface area contributed by atoms with Gasteiger partial charge in [-0.1, -0.05) is 23.7 Å². The van der Waals surface area contributed by atoms with Gasteiger partial charge in [-0.2, -0.15) is 0 Å². The molecule has 1 aliphatic heterocycles. The van der Waals surface area contributed by atoms with Gasteiger partial charge < -0.3 is 14.7 Å². The first-order valence-corrected chi connectivity index (χ1v) is 8.52. The first-order valence-electron chi connectivity index (χ1n) is 7.33. The summed E-state index contributed by atoms with van der Waals surface area (Å²) in [4.78, 5) is 30.3. The lowest BCUT2D eigenvalue weighted by atomic mass is 10.2. The van der Waals surface area contributed by atoms with Crippen LogP contribution in [0.25, 0.3) is 10.6 Å². The van der Waals surface area contributed by atoms with E-state index in [0.29, 0.717) is 27.1 Å². The summed E-state index contributed by atoms with van der Waals surface area (Å²) in [5, 5.41) is 10.4. The fourth-order valence-electron chi connectivity index (χ4n) is 2.47. The summed E-state index contributed by atoms with van der Waals surface area (Å²) in [7, 11) is 0. The van der Waals surface area contributed by atoms with Crippen LogP contribution in [0.2, 0.25) is 5.02 Å². The van der Waals surface area contributed by atoms with Crippen molar-refractivity contribution < 1.29 is 19.4 Å². The number of rotatable bonds is 3. The molecule has 0 saturated carbocycles. The molecule has 24 heavy (non-hydrogen) atoms. The number of hydrogen-bond acceptors (Lipinski definition) is 5. The number of carboxylic acids is 1. The highest BCUT2D eigenvalue weighted by Gasteiger charge is 2.31. The number of carbonyl (C=O) groups excluding carboxylic acids is 1. The minimum absolute atomic E-state index is 0.0397. The normalized spacial score (nSPS) is 17.8. The second-order valence-corrected chi connectivity index (χ2v) is 6.83. The number of aliphatic carboxylic acids is 1. The third-order valence-corrected chi connectivity index (χ3v) is 5.12. The first kappa shape index (κ1) is 16.9. The van der Waals surface area contributed by atoms with E-state index in [1.165, 1.54) is 16.2 Å². The smallest absolute Gasteiger partial charge is 0.334 e. The number of hydrogen-bond donors (Lipinski definition) is 1. The zero-order valence-electron chi connectivity index (χ0n) is 12.9. The quantitative estimate of drug-likeness (QED) is 0.903.